The van der Waals surface area contributed by atoms with Gasteiger partial charge in [-0.1, -0.05) is 23.8 Å². The quantitative estimate of drug-likeness (QED) is 0.914. The van der Waals surface area contributed by atoms with Gasteiger partial charge in [-0.2, -0.15) is 13.2 Å². The number of amides is 1. The third kappa shape index (κ3) is 5.19. The number of hydrogen-bond donors (Lipinski definition) is 1. The Balaban J connectivity index is 2.61. The minimum atomic E-state index is -4.51. The van der Waals surface area contributed by atoms with Crippen LogP contribution in [-0.2, 0) is 4.74 Å². The highest BCUT2D eigenvalue weighted by atomic mass is 19.4. The van der Waals surface area contributed by atoms with Gasteiger partial charge in [0, 0.05) is 0 Å². The van der Waals surface area contributed by atoms with E-state index in [-0.39, 0.29) is 0 Å². The van der Waals surface area contributed by atoms with Crippen LogP contribution in [0.5, 0.6) is 0 Å². The number of benzene rings is 1. The minimum Gasteiger partial charge on any atom is -0.440 e. The Labute approximate surface area is 109 Å². The van der Waals surface area contributed by atoms with Gasteiger partial charge in [-0.3, -0.25) is 0 Å². The van der Waals surface area contributed by atoms with E-state index in [1.165, 1.54) is 0 Å². The maximum Gasteiger partial charge on any atom is 0.422 e. The van der Waals surface area contributed by atoms with Crippen molar-refractivity contribution in [1.82, 2.24) is 5.32 Å². The third-order valence-corrected chi connectivity index (χ3v) is 2.60. The molecule has 1 amide bonds. The fourth-order valence-electron chi connectivity index (χ4n) is 1.67. The predicted molar refractivity (Wildman–Crippen MR) is 64.9 cm³/mol. The first-order valence-electron chi connectivity index (χ1n) is 5.76. The summed E-state index contributed by atoms with van der Waals surface area (Å²) in [6.45, 7) is 3.88. The average molecular weight is 275 g/mol. The molecule has 0 aliphatic carbocycles. The fourth-order valence-corrected chi connectivity index (χ4v) is 1.67. The molecule has 0 fully saturated rings. The molecule has 0 aliphatic rings. The second-order valence-corrected chi connectivity index (χ2v) is 4.42. The molecule has 0 spiro atoms. The number of rotatable bonds is 3. The third-order valence-electron chi connectivity index (χ3n) is 2.60. The molecule has 0 bridgehead atoms. The Morgan fingerprint density at radius 1 is 1.37 bits per heavy atom. The van der Waals surface area contributed by atoms with E-state index in [1.807, 2.05) is 32.0 Å². The number of carbonyl (C=O) groups is 1. The van der Waals surface area contributed by atoms with Crippen LogP contribution in [0.1, 0.15) is 29.7 Å². The van der Waals surface area contributed by atoms with Crippen LogP contribution in [0.3, 0.4) is 0 Å². The summed E-state index contributed by atoms with van der Waals surface area (Å²) in [5, 5.41) is 2.38. The zero-order valence-corrected chi connectivity index (χ0v) is 11.0. The van der Waals surface area contributed by atoms with Gasteiger partial charge in [0.15, 0.2) is 6.61 Å². The molecular formula is C13H16F3NO2. The first-order valence-corrected chi connectivity index (χ1v) is 5.76. The normalized spacial score (nSPS) is 12.9. The lowest BCUT2D eigenvalue weighted by Gasteiger charge is -2.17. The van der Waals surface area contributed by atoms with Crippen LogP contribution in [-0.4, -0.2) is 18.9 Å². The van der Waals surface area contributed by atoms with E-state index in [4.69, 9.17) is 0 Å². The smallest absolute Gasteiger partial charge is 0.422 e. The Kier molecular flexibility index (Phi) is 4.80. The Bertz CT molecular complexity index is 458. The molecule has 0 aliphatic heterocycles. The number of carbonyl (C=O) groups excluding carboxylic acids is 1. The molecule has 19 heavy (non-hydrogen) atoms. The van der Waals surface area contributed by atoms with E-state index in [1.54, 1.807) is 6.92 Å². The predicted octanol–water partition coefficient (Wildman–Crippen LogP) is 3.65. The van der Waals surface area contributed by atoms with E-state index < -0.39 is 24.9 Å². The lowest BCUT2D eigenvalue weighted by atomic mass is 10.0. The van der Waals surface area contributed by atoms with Gasteiger partial charge in [-0.25, -0.2) is 4.79 Å². The van der Waals surface area contributed by atoms with Crippen LogP contribution in [0.4, 0.5) is 18.0 Å². The van der Waals surface area contributed by atoms with Crippen LogP contribution in [0.15, 0.2) is 18.2 Å². The van der Waals surface area contributed by atoms with Crippen LogP contribution < -0.4 is 5.32 Å². The summed E-state index contributed by atoms with van der Waals surface area (Å²) in [4.78, 5) is 11.2. The lowest BCUT2D eigenvalue weighted by molar-refractivity contribution is -0.160. The molecular weight excluding hydrogens is 259 g/mol. The minimum absolute atomic E-state index is 0.416. The molecule has 0 saturated heterocycles. The highest BCUT2D eigenvalue weighted by Crippen LogP contribution is 2.19. The Morgan fingerprint density at radius 3 is 2.58 bits per heavy atom. The molecule has 0 radical (unpaired) electrons. The highest BCUT2D eigenvalue weighted by molar-refractivity contribution is 5.68. The Morgan fingerprint density at radius 2 is 2.00 bits per heavy atom. The maximum absolute atomic E-state index is 11.9. The summed E-state index contributed by atoms with van der Waals surface area (Å²) < 4.78 is 39.8. The molecule has 1 N–H and O–H groups in total. The van der Waals surface area contributed by atoms with Gasteiger partial charge < -0.3 is 10.1 Å². The monoisotopic (exact) mass is 275 g/mol. The van der Waals surface area contributed by atoms with Gasteiger partial charge in [0.25, 0.3) is 0 Å². The summed E-state index contributed by atoms with van der Waals surface area (Å²) in [5.41, 5.74) is 2.82. The highest BCUT2D eigenvalue weighted by Gasteiger charge is 2.29. The molecule has 1 rings (SSSR count). The van der Waals surface area contributed by atoms with Crippen LogP contribution >= 0.6 is 0 Å². The summed E-state index contributed by atoms with van der Waals surface area (Å²) in [7, 11) is 0. The molecule has 106 valence electrons. The summed E-state index contributed by atoms with van der Waals surface area (Å²) >= 11 is 0. The van der Waals surface area contributed by atoms with Crippen molar-refractivity contribution in [3.8, 4) is 0 Å². The molecule has 1 unspecified atom stereocenters. The van der Waals surface area contributed by atoms with Crippen molar-refractivity contribution in [2.75, 3.05) is 6.61 Å². The number of alkyl carbamates (subject to hydrolysis) is 1. The van der Waals surface area contributed by atoms with E-state index in [0.29, 0.717) is 0 Å². The summed E-state index contributed by atoms with van der Waals surface area (Å²) in [5.74, 6) is 0. The fraction of sp³-hybridized carbons (Fsp3) is 0.462. The number of ether oxygens (including phenoxy) is 1. The van der Waals surface area contributed by atoms with Crippen molar-refractivity contribution in [3.05, 3.63) is 34.9 Å². The first kappa shape index (κ1) is 15.3. The van der Waals surface area contributed by atoms with Crippen LogP contribution in [0.25, 0.3) is 0 Å². The lowest BCUT2D eigenvalue weighted by Crippen LogP contribution is -2.31. The largest absolute Gasteiger partial charge is 0.440 e. The molecule has 1 atom stereocenters. The second kappa shape index (κ2) is 5.95. The van der Waals surface area contributed by atoms with Crippen molar-refractivity contribution in [2.45, 2.75) is 33.0 Å². The van der Waals surface area contributed by atoms with E-state index in [2.05, 4.69) is 10.1 Å². The number of aryl methyl sites for hydroxylation is 2. The van der Waals surface area contributed by atoms with Crippen molar-refractivity contribution in [1.29, 1.82) is 0 Å². The number of hydrogen-bond acceptors (Lipinski definition) is 2. The van der Waals surface area contributed by atoms with Gasteiger partial charge in [0.1, 0.15) is 0 Å². The maximum atomic E-state index is 11.9. The standard InChI is InChI=1S/C13H16F3NO2/c1-8-4-5-9(2)11(6-8)10(3)17-12(18)19-7-13(14,15)16/h4-6,10H,7H2,1-3H3,(H,17,18). The molecule has 6 heteroatoms. The van der Waals surface area contributed by atoms with Crippen molar-refractivity contribution in [3.63, 3.8) is 0 Å². The number of alkyl halides is 3. The molecule has 0 heterocycles. The molecule has 3 nitrogen and oxygen atoms in total. The first-order chi connectivity index (χ1) is 8.69. The zero-order valence-electron chi connectivity index (χ0n) is 11.0. The van der Waals surface area contributed by atoms with Gasteiger partial charge in [-0.15, -0.1) is 0 Å². The molecule has 0 saturated carbocycles. The SMILES string of the molecule is Cc1ccc(C)c(C(C)NC(=O)OCC(F)(F)F)c1. The number of nitrogens with one attached hydrogen (secondary N) is 1. The zero-order chi connectivity index (χ0) is 14.6. The van der Waals surface area contributed by atoms with Gasteiger partial charge in [0.2, 0.25) is 0 Å². The number of halogens is 3. The second-order valence-electron chi connectivity index (χ2n) is 4.42. The van der Waals surface area contributed by atoms with E-state index in [9.17, 15) is 18.0 Å². The van der Waals surface area contributed by atoms with Crippen LogP contribution in [0.2, 0.25) is 0 Å². The molecule has 1 aromatic rings. The van der Waals surface area contributed by atoms with E-state index >= 15 is 0 Å². The summed E-state index contributed by atoms with van der Waals surface area (Å²) in [6, 6.07) is 5.28. The van der Waals surface area contributed by atoms with Crippen molar-refractivity contribution >= 4 is 6.09 Å². The summed E-state index contributed by atoms with van der Waals surface area (Å²) in [6.07, 6.45) is -5.59. The van der Waals surface area contributed by atoms with Crippen molar-refractivity contribution < 1.29 is 22.7 Å². The van der Waals surface area contributed by atoms with E-state index in [0.717, 1.165) is 16.7 Å². The molecule has 0 aromatic heterocycles. The molecule has 1 aromatic carbocycles. The average Bonchev–Trinajstić information content (AvgIpc) is 2.28. The van der Waals surface area contributed by atoms with Crippen molar-refractivity contribution in [2.24, 2.45) is 0 Å². The van der Waals surface area contributed by atoms with Crippen LogP contribution in [0, 0.1) is 13.8 Å². The topological polar surface area (TPSA) is 38.3 Å². The van der Waals surface area contributed by atoms with Gasteiger partial charge in [0.05, 0.1) is 6.04 Å². The van der Waals surface area contributed by atoms with Gasteiger partial charge >= 0.3 is 12.3 Å². The van der Waals surface area contributed by atoms with Gasteiger partial charge in [-0.05, 0) is 31.9 Å². The Hall–Kier alpha value is -1.72.